The summed E-state index contributed by atoms with van der Waals surface area (Å²) in [5, 5.41) is 15.5. The molecule has 3 nitrogen and oxygen atoms in total. The molecule has 0 bridgehead atoms. The minimum atomic E-state index is -0.833. The third kappa shape index (κ3) is 49.5. The van der Waals surface area contributed by atoms with Crippen LogP contribution in [0.1, 0.15) is 39.5 Å². The maximum atomic E-state index is 9.00. The second-order valence-corrected chi connectivity index (χ2v) is 2.13. The van der Waals surface area contributed by atoms with Gasteiger partial charge in [-0.05, 0) is 6.42 Å². The molecule has 0 saturated carbocycles. The molecule has 0 fully saturated rings. The van der Waals surface area contributed by atoms with Gasteiger partial charge in [-0.3, -0.25) is 4.79 Å². The smallest absolute Gasteiger partial charge is 0.300 e. The summed E-state index contributed by atoms with van der Waals surface area (Å²) in [4.78, 5) is 9.00. The lowest BCUT2D eigenvalue weighted by Gasteiger charge is -1.84. The highest BCUT2D eigenvalue weighted by Gasteiger charge is 1.79. The second kappa shape index (κ2) is 11.7. The van der Waals surface area contributed by atoms with Gasteiger partial charge < -0.3 is 5.11 Å². The van der Waals surface area contributed by atoms with Gasteiger partial charge in [-0.2, -0.15) is 5.26 Å². The van der Waals surface area contributed by atoms with E-state index in [1.165, 1.54) is 12.8 Å². The normalized spacial score (nSPS) is 7.36. The topological polar surface area (TPSA) is 61.1 Å². The summed E-state index contributed by atoms with van der Waals surface area (Å²) in [6.45, 7) is 3.22. The number of aliphatic carboxylic acids is 1. The zero-order valence-corrected chi connectivity index (χ0v) is 7.13. The van der Waals surface area contributed by atoms with Crippen molar-refractivity contribution in [2.24, 2.45) is 0 Å². The van der Waals surface area contributed by atoms with Gasteiger partial charge in [0, 0.05) is 13.3 Å². The van der Waals surface area contributed by atoms with Crippen LogP contribution in [0.25, 0.3) is 0 Å². The molecule has 64 valence electrons. The van der Waals surface area contributed by atoms with Crippen molar-refractivity contribution in [3.63, 3.8) is 0 Å². The van der Waals surface area contributed by atoms with Crippen molar-refractivity contribution in [3.8, 4) is 6.07 Å². The highest BCUT2D eigenvalue weighted by atomic mass is 16.4. The van der Waals surface area contributed by atoms with Crippen molar-refractivity contribution in [1.82, 2.24) is 0 Å². The van der Waals surface area contributed by atoms with Crippen LogP contribution in [-0.4, -0.2) is 11.1 Å². The van der Waals surface area contributed by atoms with E-state index in [1.54, 1.807) is 0 Å². The average molecular weight is 157 g/mol. The Hall–Kier alpha value is -1.04. The summed E-state index contributed by atoms with van der Waals surface area (Å²) < 4.78 is 0. The Morgan fingerprint density at radius 2 is 2.00 bits per heavy atom. The van der Waals surface area contributed by atoms with E-state index in [0.717, 1.165) is 19.8 Å². The lowest BCUT2D eigenvalue weighted by atomic mass is 10.2. The van der Waals surface area contributed by atoms with Crippen LogP contribution in [-0.2, 0) is 4.79 Å². The molecule has 0 aromatic rings. The van der Waals surface area contributed by atoms with Crippen molar-refractivity contribution in [2.75, 3.05) is 0 Å². The molecule has 1 N–H and O–H groups in total. The Kier molecular flexibility index (Phi) is 13.4. The van der Waals surface area contributed by atoms with E-state index >= 15 is 0 Å². The van der Waals surface area contributed by atoms with Crippen LogP contribution in [0.15, 0.2) is 0 Å². The zero-order valence-electron chi connectivity index (χ0n) is 7.13. The predicted octanol–water partition coefficient (Wildman–Crippen LogP) is 2.18. The van der Waals surface area contributed by atoms with E-state index in [9.17, 15) is 0 Å². The number of nitrogens with zero attached hydrogens (tertiary/aromatic N) is 1. The lowest BCUT2D eigenvalue weighted by Crippen LogP contribution is -1.78. The fraction of sp³-hybridized carbons (Fsp3) is 0.750. The Morgan fingerprint density at radius 1 is 1.55 bits per heavy atom. The van der Waals surface area contributed by atoms with Gasteiger partial charge in [0.05, 0.1) is 6.07 Å². The monoisotopic (exact) mass is 157 g/mol. The molecule has 0 aliphatic carbocycles. The highest BCUT2D eigenvalue weighted by molar-refractivity contribution is 5.62. The Balaban J connectivity index is 0. The van der Waals surface area contributed by atoms with Gasteiger partial charge in [-0.25, -0.2) is 0 Å². The molecule has 0 amide bonds. The molecular weight excluding hydrogens is 142 g/mol. The molecule has 0 heterocycles. The summed E-state index contributed by atoms with van der Waals surface area (Å²) in [7, 11) is 0. The standard InChI is InChI=1S/C6H11N.C2H4O2/c1-2-3-4-5-6-7;1-2(3)4/h2-5H2,1H3;1H3,(H,3,4). The van der Waals surface area contributed by atoms with Crippen molar-refractivity contribution in [1.29, 1.82) is 5.26 Å². The van der Waals surface area contributed by atoms with E-state index in [2.05, 4.69) is 13.0 Å². The molecule has 0 aliphatic heterocycles. The van der Waals surface area contributed by atoms with Crippen molar-refractivity contribution >= 4 is 5.97 Å². The number of rotatable bonds is 3. The Labute approximate surface area is 67.6 Å². The summed E-state index contributed by atoms with van der Waals surface area (Å²) in [5.74, 6) is -0.833. The fourth-order valence-corrected chi connectivity index (χ4v) is 0.454. The van der Waals surface area contributed by atoms with E-state index in [0.29, 0.717) is 0 Å². The number of carboxylic acids is 1. The first-order valence-corrected chi connectivity index (χ1v) is 3.71. The number of unbranched alkanes of at least 4 members (excludes halogenated alkanes) is 3. The number of carboxylic acid groups (broad SMARTS) is 1. The molecule has 0 aromatic carbocycles. The predicted molar refractivity (Wildman–Crippen MR) is 43.1 cm³/mol. The van der Waals surface area contributed by atoms with Gasteiger partial charge in [-0.1, -0.05) is 19.8 Å². The molecule has 0 saturated heterocycles. The Morgan fingerprint density at radius 3 is 2.27 bits per heavy atom. The summed E-state index contributed by atoms with van der Waals surface area (Å²) in [6, 6.07) is 2.10. The first kappa shape index (κ1) is 12.6. The van der Waals surface area contributed by atoms with E-state index in [1.807, 2.05) is 0 Å². The van der Waals surface area contributed by atoms with Crippen LogP contribution in [0.2, 0.25) is 0 Å². The third-order valence-corrected chi connectivity index (χ3v) is 0.892. The van der Waals surface area contributed by atoms with Gasteiger partial charge in [-0.15, -0.1) is 0 Å². The van der Waals surface area contributed by atoms with Crippen molar-refractivity contribution < 1.29 is 9.90 Å². The summed E-state index contributed by atoms with van der Waals surface area (Å²) >= 11 is 0. The number of nitriles is 1. The maximum Gasteiger partial charge on any atom is 0.300 e. The van der Waals surface area contributed by atoms with Crippen molar-refractivity contribution in [2.45, 2.75) is 39.5 Å². The molecule has 3 heteroatoms. The largest absolute Gasteiger partial charge is 0.481 e. The first-order valence-electron chi connectivity index (χ1n) is 3.71. The van der Waals surface area contributed by atoms with Crippen LogP contribution in [0.4, 0.5) is 0 Å². The maximum absolute atomic E-state index is 9.00. The summed E-state index contributed by atoms with van der Waals surface area (Å²) in [6.07, 6.45) is 4.22. The number of hydrogen-bond acceptors (Lipinski definition) is 2. The molecule has 11 heavy (non-hydrogen) atoms. The van der Waals surface area contributed by atoms with Crippen LogP contribution >= 0.6 is 0 Å². The minimum Gasteiger partial charge on any atom is -0.481 e. The van der Waals surface area contributed by atoms with Crippen LogP contribution in [0.5, 0.6) is 0 Å². The number of carbonyl (C=O) groups is 1. The molecule has 0 aliphatic rings. The van der Waals surface area contributed by atoms with Gasteiger partial charge in [0.2, 0.25) is 0 Å². The quantitative estimate of drug-likeness (QED) is 0.638. The molecule has 0 rings (SSSR count). The molecular formula is C8H15NO2. The lowest BCUT2D eigenvalue weighted by molar-refractivity contribution is -0.134. The van der Waals surface area contributed by atoms with Crippen molar-refractivity contribution in [3.05, 3.63) is 0 Å². The van der Waals surface area contributed by atoms with Crippen LogP contribution < -0.4 is 0 Å². The van der Waals surface area contributed by atoms with Crippen LogP contribution in [0, 0.1) is 11.3 Å². The van der Waals surface area contributed by atoms with E-state index < -0.39 is 5.97 Å². The third-order valence-electron chi connectivity index (χ3n) is 0.892. The highest BCUT2D eigenvalue weighted by Crippen LogP contribution is 1.95. The molecule has 0 radical (unpaired) electrons. The molecule has 0 spiro atoms. The zero-order chi connectivity index (χ0) is 9.11. The van der Waals surface area contributed by atoms with E-state index in [4.69, 9.17) is 15.2 Å². The molecule has 0 aromatic heterocycles. The SMILES string of the molecule is CC(=O)O.CCCCCC#N. The minimum absolute atomic E-state index is 0.730. The van der Waals surface area contributed by atoms with Crippen LogP contribution in [0.3, 0.4) is 0 Å². The fourth-order valence-electron chi connectivity index (χ4n) is 0.454. The summed E-state index contributed by atoms with van der Waals surface area (Å²) in [5.41, 5.74) is 0. The van der Waals surface area contributed by atoms with E-state index in [-0.39, 0.29) is 0 Å². The van der Waals surface area contributed by atoms with Gasteiger partial charge >= 0.3 is 0 Å². The second-order valence-electron chi connectivity index (χ2n) is 2.13. The number of hydrogen-bond donors (Lipinski definition) is 1. The molecule has 0 unspecified atom stereocenters. The van der Waals surface area contributed by atoms with Gasteiger partial charge in [0.1, 0.15) is 0 Å². The van der Waals surface area contributed by atoms with Gasteiger partial charge in [0.15, 0.2) is 0 Å². The Bertz CT molecular complexity index is 123. The average Bonchev–Trinajstić information content (AvgIpc) is 1.88. The first-order chi connectivity index (χ1) is 5.15. The molecule has 0 atom stereocenters. The van der Waals surface area contributed by atoms with Gasteiger partial charge in [0.25, 0.3) is 5.97 Å².